The summed E-state index contributed by atoms with van der Waals surface area (Å²) < 4.78 is 0.628. The van der Waals surface area contributed by atoms with Crippen LogP contribution in [0.25, 0.3) is 54.6 Å². The summed E-state index contributed by atoms with van der Waals surface area (Å²) in [4.78, 5) is 3.02. The third kappa shape index (κ3) is 3.51. The molecule has 0 nitrogen and oxygen atoms in total. The van der Waals surface area contributed by atoms with Gasteiger partial charge in [-0.15, -0.1) is 23.5 Å². The van der Waals surface area contributed by atoms with Crippen LogP contribution in [0.2, 0.25) is 0 Å². The summed E-state index contributed by atoms with van der Waals surface area (Å²) in [5, 5.41) is 8.28. The third-order valence-corrected chi connectivity index (χ3v) is 17.0. The Hall–Kier alpha value is -2.94. The maximum absolute atomic E-state index is 2.57. The van der Waals surface area contributed by atoms with Gasteiger partial charge >= 0.3 is 0 Å². The molecule has 0 amide bonds. The van der Waals surface area contributed by atoms with Gasteiger partial charge < -0.3 is 0 Å². The van der Waals surface area contributed by atoms with Crippen LogP contribution in [0.5, 0.6) is 0 Å². The Morgan fingerprint density at radius 3 is 1.33 bits per heavy atom. The van der Waals surface area contributed by atoms with E-state index < -0.39 is 0 Å². The summed E-state index contributed by atoms with van der Waals surface area (Å²) in [5.74, 6) is 0. The first-order valence-corrected chi connectivity index (χ1v) is 19.2. The van der Waals surface area contributed by atoms with Crippen LogP contribution in [-0.2, 0) is 10.8 Å². The smallest absolute Gasteiger partial charge is 0.0273 e. The molecule has 4 aliphatic rings. The van der Waals surface area contributed by atoms with Crippen molar-refractivity contribution in [2.75, 3.05) is 0 Å². The molecule has 4 atom stereocenters. The molecule has 230 valence electrons. The van der Waals surface area contributed by atoms with Gasteiger partial charge in [0.15, 0.2) is 0 Å². The van der Waals surface area contributed by atoms with Crippen molar-refractivity contribution in [3.8, 4) is 22.3 Å². The highest BCUT2D eigenvalue weighted by molar-refractivity contribution is 8.01. The molecule has 6 aromatic carbocycles. The first-order chi connectivity index (χ1) is 22.2. The quantitative estimate of drug-likeness (QED) is 0.174. The van der Waals surface area contributed by atoms with Crippen LogP contribution in [0.1, 0.15) is 90.2 Å². The standard InChI is InChI=1S/C44H42S2/c1-41-21-5-7-23-43(41,3)45-37-19-13-29(25-35(37)41)31-15-9-27-12-18-34-32(16-10-28-11-17-33(31)39(27)40(28)34)30-14-20-38-36(26-30)42(2)22-6-8-24-44(42,4)46-38/h9-20,25-26H,5-8,21-24H2,1-4H3. The number of rotatable bonds is 2. The van der Waals surface area contributed by atoms with E-state index in [1.165, 1.54) is 116 Å². The van der Waals surface area contributed by atoms with Gasteiger partial charge in [-0.05, 0) is 129 Å². The molecule has 2 saturated carbocycles. The molecule has 46 heavy (non-hydrogen) atoms. The highest BCUT2D eigenvalue weighted by atomic mass is 32.2. The average Bonchev–Trinajstić information content (AvgIpc) is 3.45. The second-order valence-corrected chi connectivity index (χ2v) is 18.9. The Morgan fingerprint density at radius 2 is 0.870 bits per heavy atom. The highest BCUT2D eigenvalue weighted by Crippen LogP contribution is 2.64. The van der Waals surface area contributed by atoms with Crippen molar-refractivity contribution in [3.05, 3.63) is 96.1 Å². The van der Waals surface area contributed by atoms with E-state index in [1.54, 1.807) is 11.1 Å². The van der Waals surface area contributed by atoms with Crippen molar-refractivity contribution in [1.29, 1.82) is 0 Å². The van der Waals surface area contributed by atoms with Gasteiger partial charge in [-0.3, -0.25) is 0 Å². The zero-order valence-electron chi connectivity index (χ0n) is 27.6. The molecule has 0 saturated heterocycles. The van der Waals surface area contributed by atoms with Gasteiger partial charge in [0.25, 0.3) is 0 Å². The van der Waals surface area contributed by atoms with Crippen molar-refractivity contribution in [2.24, 2.45) is 0 Å². The lowest BCUT2D eigenvalue weighted by molar-refractivity contribution is 0.260. The summed E-state index contributed by atoms with van der Waals surface area (Å²) in [6.45, 7) is 10.1. The molecular formula is C44H42S2. The highest BCUT2D eigenvalue weighted by Gasteiger charge is 2.54. The Bertz CT molecular complexity index is 2090. The predicted molar refractivity (Wildman–Crippen MR) is 201 cm³/mol. The van der Waals surface area contributed by atoms with Crippen LogP contribution >= 0.6 is 23.5 Å². The van der Waals surface area contributed by atoms with E-state index in [0.29, 0.717) is 9.49 Å². The van der Waals surface area contributed by atoms with Crippen molar-refractivity contribution in [3.63, 3.8) is 0 Å². The largest absolute Gasteiger partial charge is 0.118 e. The number of hydrogen-bond donors (Lipinski definition) is 0. The van der Waals surface area contributed by atoms with Crippen LogP contribution in [0.4, 0.5) is 0 Å². The summed E-state index contributed by atoms with van der Waals surface area (Å²) in [6, 6.07) is 33.8. The zero-order chi connectivity index (χ0) is 31.1. The second kappa shape index (κ2) is 9.36. The van der Waals surface area contributed by atoms with Crippen molar-refractivity contribution in [1.82, 2.24) is 0 Å². The molecule has 10 rings (SSSR count). The van der Waals surface area contributed by atoms with Gasteiger partial charge in [0, 0.05) is 30.1 Å². The van der Waals surface area contributed by atoms with Crippen LogP contribution in [0.3, 0.4) is 0 Å². The lowest BCUT2D eigenvalue weighted by Crippen LogP contribution is -2.43. The molecule has 0 bridgehead atoms. The van der Waals surface area contributed by atoms with E-state index >= 15 is 0 Å². The molecule has 0 radical (unpaired) electrons. The molecule has 0 N–H and O–H groups in total. The Kier molecular flexibility index (Phi) is 5.72. The molecule has 4 unspecified atom stereocenters. The van der Waals surface area contributed by atoms with E-state index in [2.05, 4.69) is 136 Å². The predicted octanol–water partition coefficient (Wildman–Crippen LogP) is 13.3. The molecular weight excluding hydrogens is 593 g/mol. The van der Waals surface area contributed by atoms with Gasteiger partial charge in [0.2, 0.25) is 0 Å². The molecule has 2 heteroatoms. The van der Waals surface area contributed by atoms with E-state index in [-0.39, 0.29) is 10.8 Å². The van der Waals surface area contributed by atoms with Gasteiger partial charge in [-0.25, -0.2) is 0 Å². The minimum Gasteiger partial charge on any atom is -0.118 e. The molecule has 2 heterocycles. The van der Waals surface area contributed by atoms with E-state index in [9.17, 15) is 0 Å². The first kappa shape index (κ1) is 28.1. The van der Waals surface area contributed by atoms with Crippen LogP contribution in [0.15, 0.2) is 94.7 Å². The van der Waals surface area contributed by atoms with Crippen molar-refractivity contribution >= 4 is 55.8 Å². The lowest BCUT2D eigenvalue weighted by atomic mass is 9.64. The summed E-state index contributed by atoms with van der Waals surface area (Å²) in [7, 11) is 0. The third-order valence-electron chi connectivity index (χ3n) is 13.6. The SMILES string of the molecule is CC12CCCCC1(C)c1cc(-c3ccc4ccc5c(-c6ccc7c(c6)C6(C)CCCCC6(C)S7)ccc6ccc3c4c65)ccc1S2. The fourth-order valence-corrected chi connectivity index (χ4v) is 13.8. The molecule has 0 spiro atoms. The molecule has 6 aromatic rings. The van der Waals surface area contributed by atoms with Gasteiger partial charge in [0.05, 0.1) is 0 Å². The number of fused-ring (bicyclic) bond motifs is 6. The Labute approximate surface area is 282 Å². The minimum atomic E-state index is 0.250. The van der Waals surface area contributed by atoms with Gasteiger partial charge in [-0.2, -0.15) is 0 Å². The van der Waals surface area contributed by atoms with Crippen molar-refractivity contribution < 1.29 is 0 Å². The van der Waals surface area contributed by atoms with E-state index in [1.807, 2.05) is 0 Å². The minimum absolute atomic E-state index is 0.250. The molecule has 2 aliphatic carbocycles. The topological polar surface area (TPSA) is 0 Å². The normalized spacial score (nSPS) is 30.1. The van der Waals surface area contributed by atoms with Crippen LogP contribution in [-0.4, -0.2) is 9.49 Å². The Morgan fingerprint density at radius 1 is 0.457 bits per heavy atom. The zero-order valence-corrected chi connectivity index (χ0v) is 29.2. The molecule has 2 fully saturated rings. The summed E-state index contributed by atoms with van der Waals surface area (Å²) in [6.07, 6.45) is 10.7. The first-order valence-electron chi connectivity index (χ1n) is 17.6. The van der Waals surface area contributed by atoms with Crippen molar-refractivity contribution in [2.45, 2.75) is 109 Å². The lowest BCUT2D eigenvalue weighted by Gasteiger charge is -2.45. The molecule has 2 aliphatic heterocycles. The average molecular weight is 635 g/mol. The number of thioether (sulfide) groups is 2. The maximum Gasteiger partial charge on any atom is 0.0273 e. The second-order valence-electron chi connectivity index (χ2n) is 15.8. The van der Waals surface area contributed by atoms with Crippen LogP contribution < -0.4 is 0 Å². The van der Waals surface area contributed by atoms with E-state index in [0.717, 1.165) is 0 Å². The monoisotopic (exact) mass is 634 g/mol. The molecule has 0 aromatic heterocycles. The number of hydrogen-bond acceptors (Lipinski definition) is 2. The summed E-state index contributed by atoms with van der Waals surface area (Å²) >= 11 is 4.29. The van der Waals surface area contributed by atoms with Crippen LogP contribution in [0, 0.1) is 0 Å². The Balaban J connectivity index is 1.14. The van der Waals surface area contributed by atoms with Gasteiger partial charge in [-0.1, -0.05) is 100 Å². The maximum atomic E-state index is 2.57. The van der Waals surface area contributed by atoms with E-state index in [4.69, 9.17) is 0 Å². The summed E-state index contributed by atoms with van der Waals surface area (Å²) in [5.41, 5.74) is 9.15. The number of benzene rings is 6. The fourth-order valence-electron chi connectivity index (χ4n) is 10.4. The van der Waals surface area contributed by atoms with Gasteiger partial charge in [0.1, 0.15) is 0 Å². The fraction of sp³-hybridized carbons (Fsp3) is 0.364.